The Morgan fingerprint density at radius 2 is 1.95 bits per heavy atom. The van der Waals surface area contributed by atoms with E-state index >= 15 is 0 Å². The van der Waals surface area contributed by atoms with Crippen LogP contribution in [0.15, 0.2) is 30.3 Å². The Kier molecular flexibility index (Phi) is 4.07. The molecule has 0 heterocycles. The summed E-state index contributed by atoms with van der Waals surface area (Å²) in [5.41, 5.74) is 5.72. The molecule has 21 heavy (non-hydrogen) atoms. The Labute approximate surface area is 120 Å². The van der Waals surface area contributed by atoms with Gasteiger partial charge in [0.15, 0.2) is 5.82 Å². The summed E-state index contributed by atoms with van der Waals surface area (Å²) in [6, 6.07) is 6.70. The summed E-state index contributed by atoms with van der Waals surface area (Å²) in [4.78, 5) is 12.1. The molecule has 0 radical (unpaired) electrons. The van der Waals surface area contributed by atoms with Gasteiger partial charge in [-0.1, -0.05) is 6.07 Å². The molecule has 0 fully saturated rings. The molecule has 0 saturated carbocycles. The molecule has 0 spiro atoms. The van der Waals surface area contributed by atoms with Gasteiger partial charge in [-0.15, -0.1) is 0 Å². The van der Waals surface area contributed by atoms with Crippen LogP contribution in [0.4, 0.5) is 20.2 Å². The van der Waals surface area contributed by atoms with E-state index in [0.717, 1.165) is 17.7 Å². The molecule has 0 atom stereocenters. The van der Waals surface area contributed by atoms with Crippen molar-refractivity contribution in [3.63, 3.8) is 0 Å². The molecule has 0 bridgehead atoms. The van der Waals surface area contributed by atoms with Gasteiger partial charge in [-0.05, 0) is 36.8 Å². The topological polar surface area (TPSA) is 64.3 Å². The van der Waals surface area contributed by atoms with Crippen molar-refractivity contribution < 1.29 is 18.3 Å². The lowest BCUT2D eigenvalue weighted by Gasteiger charge is -2.12. The lowest BCUT2D eigenvalue weighted by molar-refractivity contribution is 0.102. The number of hydrogen-bond acceptors (Lipinski definition) is 3. The van der Waals surface area contributed by atoms with E-state index in [1.165, 1.54) is 7.11 Å². The highest BCUT2D eigenvalue weighted by atomic mass is 19.1. The van der Waals surface area contributed by atoms with Crippen LogP contribution < -0.4 is 15.8 Å². The SMILES string of the molecule is COc1cc(C)ccc1NC(=O)c1cc(F)cc(N)c1F. The number of carbonyl (C=O) groups is 1. The lowest BCUT2D eigenvalue weighted by atomic mass is 10.1. The van der Waals surface area contributed by atoms with Crippen molar-refractivity contribution in [3.05, 3.63) is 53.1 Å². The van der Waals surface area contributed by atoms with Crippen LogP contribution in [0.3, 0.4) is 0 Å². The first-order chi connectivity index (χ1) is 9.92. The predicted octanol–water partition coefficient (Wildman–Crippen LogP) is 3.12. The summed E-state index contributed by atoms with van der Waals surface area (Å²) < 4.78 is 32.2. The average Bonchev–Trinajstić information content (AvgIpc) is 2.44. The molecule has 0 aliphatic carbocycles. The molecule has 110 valence electrons. The Morgan fingerprint density at radius 1 is 1.24 bits per heavy atom. The quantitative estimate of drug-likeness (QED) is 0.854. The van der Waals surface area contributed by atoms with Crippen LogP contribution in [0.2, 0.25) is 0 Å². The number of nitrogens with one attached hydrogen (secondary N) is 1. The Balaban J connectivity index is 2.35. The average molecular weight is 292 g/mol. The maximum atomic E-state index is 13.8. The van der Waals surface area contributed by atoms with Crippen molar-refractivity contribution in [2.24, 2.45) is 0 Å². The zero-order valence-corrected chi connectivity index (χ0v) is 11.5. The van der Waals surface area contributed by atoms with Crippen LogP contribution in [-0.2, 0) is 0 Å². The smallest absolute Gasteiger partial charge is 0.258 e. The number of anilines is 2. The summed E-state index contributed by atoms with van der Waals surface area (Å²) in [5, 5.41) is 2.47. The number of aryl methyl sites for hydroxylation is 1. The normalized spacial score (nSPS) is 10.3. The summed E-state index contributed by atoms with van der Waals surface area (Å²) in [5.74, 6) is -2.12. The third kappa shape index (κ3) is 3.10. The summed E-state index contributed by atoms with van der Waals surface area (Å²) in [7, 11) is 1.45. The van der Waals surface area contributed by atoms with Gasteiger partial charge >= 0.3 is 0 Å². The second-order valence-electron chi connectivity index (χ2n) is 4.51. The molecule has 0 saturated heterocycles. The molecule has 2 aromatic rings. The molecule has 2 rings (SSSR count). The molecule has 4 nitrogen and oxygen atoms in total. The zero-order valence-electron chi connectivity index (χ0n) is 11.5. The van der Waals surface area contributed by atoms with Gasteiger partial charge in [-0.25, -0.2) is 8.78 Å². The number of ether oxygens (including phenoxy) is 1. The highest BCUT2D eigenvalue weighted by molar-refractivity contribution is 6.05. The van der Waals surface area contributed by atoms with E-state index in [4.69, 9.17) is 10.5 Å². The van der Waals surface area contributed by atoms with Gasteiger partial charge in [0.05, 0.1) is 24.0 Å². The van der Waals surface area contributed by atoms with Gasteiger partial charge in [0, 0.05) is 0 Å². The zero-order chi connectivity index (χ0) is 15.6. The van der Waals surface area contributed by atoms with Crippen LogP contribution in [0.5, 0.6) is 5.75 Å². The first kappa shape index (κ1) is 14.8. The van der Waals surface area contributed by atoms with Crippen molar-refractivity contribution in [3.8, 4) is 5.75 Å². The lowest BCUT2D eigenvalue weighted by Crippen LogP contribution is -2.16. The number of halogens is 2. The monoisotopic (exact) mass is 292 g/mol. The molecule has 0 aliphatic heterocycles. The molecule has 2 aromatic carbocycles. The molecular formula is C15H14F2N2O2. The Morgan fingerprint density at radius 3 is 2.62 bits per heavy atom. The summed E-state index contributed by atoms with van der Waals surface area (Å²) in [6.07, 6.45) is 0. The first-order valence-corrected chi connectivity index (χ1v) is 6.13. The largest absolute Gasteiger partial charge is 0.495 e. The minimum absolute atomic E-state index is 0.357. The number of benzene rings is 2. The van der Waals surface area contributed by atoms with Gasteiger partial charge in [0.1, 0.15) is 11.6 Å². The van der Waals surface area contributed by atoms with Crippen molar-refractivity contribution in [2.45, 2.75) is 6.92 Å². The summed E-state index contributed by atoms with van der Waals surface area (Å²) in [6.45, 7) is 1.86. The molecule has 0 unspecified atom stereocenters. The van der Waals surface area contributed by atoms with Crippen molar-refractivity contribution in [1.82, 2.24) is 0 Å². The van der Waals surface area contributed by atoms with E-state index in [1.807, 2.05) is 6.92 Å². The highest BCUT2D eigenvalue weighted by Gasteiger charge is 2.17. The van der Waals surface area contributed by atoms with Crippen LogP contribution in [0.25, 0.3) is 0 Å². The number of carbonyl (C=O) groups excluding carboxylic acids is 1. The standard InChI is InChI=1S/C15H14F2N2O2/c1-8-3-4-12(13(5-8)21-2)19-15(20)10-6-9(16)7-11(18)14(10)17/h3-7H,18H2,1-2H3,(H,19,20). The third-order valence-electron chi connectivity index (χ3n) is 2.92. The van der Waals surface area contributed by atoms with Crippen molar-refractivity contribution in [1.29, 1.82) is 0 Å². The molecule has 6 heteroatoms. The minimum atomic E-state index is -0.958. The molecule has 1 amide bonds. The number of nitrogen functional groups attached to an aromatic ring is 1. The van der Waals surface area contributed by atoms with Gasteiger partial charge < -0.3 is 15.8 Å². The van der Waals surface area contributed by atoms with E-state index in [0.29, 0.717) is 11.4 Å². The fourth-order valence-corrected chi connectivity index (χ4v) is 1.87. The minimum Gasteiger partial charge on any atom is -0.495 e. The predicted molar refractivity (Wildman–Crippen MR) is 76.5 cm³/mol. The van der Waals surface area contributed by atoms with E-state index in [-0.39, 0.29) is 0 Å². The van der Waals surface area contributed by atoms with Gasteiger partial charge in [0.2, 0.25) is 0 Å². The van der Waals surface area contributed by atoms with E-state index in [1.54, 1.807) is 18.2 Å². The summed E-state index contributed by atoms with van der Waals surface area (Å²) >= 11 is 0. The number of hydrogen-bond donors (Lipinski definition) is 2. The number of amides is 1. The fourth-order valence-electron chi connectivity index (χ4n) is 1.87. The number of nitrogens with two attached hydrogens (primary N) is 1. The van der Waals surface area contributed by atoms with Gasteiger partial charge in [-0.3, -0.25) is 4.79 Å². The van der Waals surface area contributed by atoms with Gasteiger partial charge in [0.25, 0.3) is 5.91 Å². The first-order valence-electron chi connectivity index (χ1n) is 6.13. The highest BCUT2D eigenvalue weighted by Crippen LogP contribution is 2.26. The van der Waals surface area contributed by atoms with Crippen LogP contribution in [0.1, 0.15) is 15.9 Å². The third-order valence-corrected chi connectivity index (χ3v) is 2.92. The molecule has 3 N–H and O–H groups in total. The Hall–Kier alpha value is -2.63. The van der Waals surface area contributed by atoms with Crippen LogP contribution in [0, 0.1) is 18.6 Å². The van der Waals surface area contributed by atoms with E-state index < -0.39 is 28.8 Å². The number of rotatable bonds is 3. The number of methoxy groups -OCH3 is 1. The van der Waals surface area contributed by atoms with E-state index in [2.05, 4.69) is 5.32 Å². The molecular weight excluding hydrogens is 278 g/mol. The maximum Gasteiger partial charge on any atom is 0.258 e. The second-order valence-corrected chi connectivity index (χ2v) is 4.51. The van der Waals surface area contributed by atoms with Crippen LogP contribution in [-0.4, -0.2) is 13.0 Å². The maximum absolute atomic E-state index is 13.8. The fraction of sp³-hybridized carbons (Fsp3) is 0.133. The van der Waals surface area contributed by atoms with Gasteiger partial charge in [-0.2, -0.15) is 0 Å². The molecule has 0 aromatic heterocycles. The Bertz CT molecular complexity index is 702. The van der Waals surface area contributed by atoms with E-state index in [9.17, 15) is 13.6 Å². The van der Waals surface area contributed by atoms with Crippen molar-refractivity contribution in [2.75, 3.05) is 18.2 Å². The van der Waals surface area contributed by atoms with Crippen LogP contribution >= 0.6 is 0 Å². The second kappa shape index (κ2) is 5.78. The van der Waals surface area contributed by atoms with Crippen molar-refractivity contribution >= 4 is 17.3 Å². The molecule has 0 aliphatic rings.